The molecular weight excluding hydrogens is 443 g/mol. The van der Waals surface area contributed by atoms with Gasteiger partial charge in [-0.25, -0.2) is 0 Å². The highest BCUT2D eigenvalue weighted by Crippen LogP contribution is 2.47. The van der Waals surface area contributed by atoms with Crippen molar-refractivity contribution < 1.29 is 16.7 Å². The second-order valence-electron chi connectivity index (χ2n) is 4.93. The normalized spacial score (nSPS) is 10.4. The van der Waals surface area contributed by atoms with Crippen molar-refractivity contribution in [2.24, 2.45) is 11.5 Å². The Balaban J connectivity index is 2.83. The van der Waals surface area contributed by atoms with Crippen LogP contribution in [-0.4, -0.2) is 14.2 Å². The number of hydrogen-bond acceptors (Lipinski definition) is 7. The molecule has 0 heterocycles. The molecule has 0 aliphatic rings. The van der Waals surface area contributed by atoms with Crippen LogP contribution in [0, 0.1) is 0 Å². The summed E-state index contributed by atoms with van der Waals surface area (Å²) in [6, 6.07) is 7.47. The Kier molecular flexibility index (Phi) is 6.84. The van der Waals surface area contributed by atoms with Crippen molar-refractivity contribution in [1.82, 2.24) is 0 Å². The number of methoxy groups -OCH3 is 2. The van der Waals surface area contributed by atoms with Gasteiger partial charge in [-0.1, -0.05) is 0 Å². The van der Waals surface area contributed by atoms with Crippen LogP contribution in [0.15, 0.2) is 24.3 Å². The van der Waals surface area contributed by atoms with Gasteiger partial charge in [-0.05, 0) is 35.4 Å². The number of rotatable bonds is 7. The molecular formula is C16H19IN2O4S. The average molecular weight is 462 g/mol. The second-order valence-corrected chi connectivity index (χ2v) is 5.55. The summed E-state index contributed by atoms with van der Waals surface area (Å²) < 4.78 is 21.6. The largest absolute Gasteiger partial charge is 0.493 e. The summed E-state index contributed by atoms with van der Waals surface area (Å²) in [6.45, 7) is 0.708. The van der Waals surface area contributed by atoms with Crippen LogP contribution in [0.2, 0.25) is 0 Å². The van der Waals surface area contributed by atoms with Crippen LogP contribution in [0.25, 0.3) is 11.1 Å². The summed E-state index contributed by atoms with van der Waals surface area (Å²) in [6.07, 6.45) is 0. The van der Waals surface area contributed by atoms with E-state index in [0.29, 0.717) is 36.1 Å². The van der Waals surface area contributed by atoms with Gasteiger partial charge in [0, 0.05) is 37.1 Å². The first-order chi connectivity index (χ1) is 11.6. The lowest BCUT2D eigenvalue weighted by Gasteiger charge is -2.18. The standard InChI is InChI=1S/C16H19IN2O4S/c1-20-13-5-9(7-18)3-11(15(13)21-2)12-4-10(8-19)6-14(22-17)16(12)23-24/h3-6,24H,7-8,18-19H2,1-2H3. The smallest absolute Gasteiger partial charge is 0.192 e. The van der Waals surface area contributed by atoms with E-state index in [-0.39, 0.29) is 0 Å². The van der Waals surface area contributed by atoms with Gasteiger partial charge in [0.1, 0.15) is 0 Å². The first kappa shape index (κ1) is 19.0. The molecule has 130 valence electrons. The summed E-state index contributed by atoms with van der Waals surface area (Å²) in [4.78, 5) is 0. The highest BCUT2D eigenvalue weighted by atomic mass is 127. The predicted molar refractivity (Wildman–Crippen MR) is 105 cm³/mol. The number of ether oxygens (including phenoxy) is 2. The molecule has 0 fully saturated rings. The maximum Gasteiger partial charge on any atom is 0.192 e. The maximum atomic E-state index is 5.81. The van der Waals surface area contributed by atoms with Crippen LogP contribution in [0.4, 0.5) is 0 Å². The molecule has 0 radical (unpaired) electrons. The summed E-state index contributed by atoms with van der Waals surface area (Å²) in [5, 5.41) is 0. The zero-order chi connectivity index (χ0) is 17.7. The number of nitrogens with two attached hydrogens (primary N) is 2. The van der Waals surface area contributed by atoms with E-state index < -0.39 is 0 Å². The van der Waals surface area contributed by atoms with Gasteiger partial charge < -0.3 is 28.2 Å². The monoisotopic (exact) mass is 462 g/mol. The molecule has 0 bridgehead atoms. The average Bonchev–Trinajstić information content (AvgIpc) is 2.65. The Bertz CT molecular complexity index is 666. The van der Waals surface area contributed by atoms with Crippen LogP contribution in [-0.2, 0) is 13.1 Å². The van der Waals surface area contributed by atoms with E-state index in [2.05, 4.69) is 12.9 Å². The third-order valence-corrected chi connectivity index (χ3v) is 4.25. The number of hydrogen-bond donors (Lipinski definition) is 3. The Morgan fingerprint density at radius 2 is 1.42 bits per heavy atom. The Labute approximate surface area is 160 Å². The van der Waals surface area contributed by atoms with Crippen molar-refractivity contribution in [3.8, 4) is 34.1 Å². The van der Waals surface area contributed by atoms with Crippen LogP contribution in [0.5, 0.6) is 23.0 Å². The van der Waals surface area contributed by atoms with Gasteiger partial charge in [0.2, 0.25) is 0 Å². The van der Waals surface area contributed by atoms with Crippen LogP contribution < -0.4 is 28.2 Å². The minimum absolute atomic E-state index is 0.350. The minimum Gasteiger partial charge on any atom is -0.493 e. The molecule has 0 aromatic heterocycles. The molecule has 0 aliphatic heterocycles. The van der Waals surface area contributed by atoms with E-state index in [4.69, 9.17) is 28.2 Å². The zero-order valence-electron chi connectivity index (χ0n) is 13.3. The highest BCUT2D eigenvalue weighted by molar-refractivity contribution is 14.1. The fraction of sp³-hybridized carbons (Fsp3) is 0.250. The van der Waals surface area contributed by atoms with Crippen molar-refractivity contribution in [1.29, 1.82) is 0 Å². The van der Waals surface area contributed by atoms with Crippen LogP contribution in [0.3, 0.4) is 0 Å². The minimum atomic E-state index is 0.350. The van der Waals surface area contributed by atoms with Crippen molar-refractivity contribution in [3.63, 3.8) is 0 Å². The molecule has 0 saturated heterocycles. The molecule has 0 saturated carbocycles. The number of halogens is 1. The molecule has 2 aromatic carbocycles. The van der Waals surface area contributed by atoms with E-state index in [9.17, 15) is 0 Å². The van der Waals surface area contributed by atoms with E-state index in [1.54, 1.807) is 43.3 Å². The highest BCUT2D eigenvalue weighted by Gasteiger charge is 2.21. The van der Waals surface area contributed by atoms with Crippen molar-refractivity contribution in [2.75, 3.05) is 14.2 Å². The molecule has 0 unspecified atom stereocenters. The summed E-state index contributed by atoms with van der Waals surface area (Å²) in [5.41, 5.74) is 14.9. The maximum absolute atomic E-state index is 5.81. The van der Waals surface area contributed by atoms with Crippen molar-refractivity contribution >= 4 is 35.9 Å². The van der Waals surface area contributed by atoms with E-state index in [1.807, 2.05) is 18.2 Å². The molecule has 8 heteroatoms. The first-order valence-corrected chi connectivity index (χ1v) is 8.30. The van der Waals surface area contributed by atoms with Gasteiger partial charge in [-0.15, -0.1) is 0 Å². The predicted octanol–water partition coefficient (Wildman–Crippen LogP) is 3.24. The van der Waals surface area contributed by atoms with Crippen LogP contribution in [0.1, 0.15) is 11.1 Å². The molecule has 6 nitrogen and oxygen atoms in total. The fourth-order valence-electron chi connectivity index (χ4n) is 2.47. The number of thiol groups is 1. The molecule has 0 atom stereocenters. The van der Waals surface area contributed by atoms with Gasteiger partial charge in [0.15, 0.2) is 46.0 Å². The van der Waals surface area contributed by atoms with Gasteiger partial charge in [0.25, 0.3) is 0 Å². The second kappa shape index (κ2) is 8.65. The molecule has 2 aromatic rings. The van der Waals surface area contributed by atoms with Crippen molar-refractivity contribution in [2.45, 2.75) is 13.1 Å². The quantitative estimate of drug-likeness (QED) is 0.333. The topological polar surface area (TPSA) is 89.0 Å². The molecule has 0 spiro atoms. The Hall–Kier alpha value is -1.36. The fourth-order valence-corrected chi connectivity index (χ4v) is 2.98. The Morgan fingerprint density at radius 1 is 0.875 bits per heavy atom. The first-order valence-electron chi connectivity index (χ1n) is 7.05. The SMILES string of the molecule is COc1cc(CN)cc(-c2cc(CN)cc(OI)c2OS)c1OC. The van der Waals surface area contributed by atoms with Gasteiger partial charge in [0.05, 0.1) is 14.2 Å². The number of benzene rings is 2. The lowest BCUT2D eigenvalue weighted by molar-refractivity contribution is 0.355. The third kappa shape index (κ3) is 3.66. The lowest BCUT2D eigenvalue weighted by Crippen LogP contribution is -2.02. The van der Waals surface area contributed by atoms with E-state index in [1.165, 1.54) is 0 Å². The van der Waals surface area contributed by atoms with E-state index in [0.717, 1.165) is 22.3 Å². The van der Waals surface area contributed by atoms with Crippen molar-refractivity contribution in [3.05, 3.63) is 35.4 Å². The summed E-state index contributed by atoms with van der Waals surface area (Å²) in [7, 11) is 3.15. The Morgan fingerprint density at radius 3 is 1.83 bits per heavy atom. The van der Waals surface area contributed by atoms with Gasteiger partial charge >= 0.3 is 0 Å². The zero-order valence-corrected chi connectivity index (χ0v) is 16.4. The van der Waals surface area contributed by atoms with E-state index >= 15 is 0 Å². The molecule has 0 aliphatic carbocycles. The third-order valence-electron chi connectivity index (χ3n) is 3.59. The lowest BCUT2D eigenvalue weighted by atomic mass is 9.97. The molecule has 4 N–H and O–H groups in total. The molecule has 2 rings (SSSR count). The molecule has 0 amide bonds. The summed E-state index contributed by atoms with van der Waals surface area (Å²) in [5.74, 6) is 2.12. The van der Waals surface area contributed by atoms with Gasteiger partial charge in [-0.2, -0.15) is 0 Å². The van der Waals surface area contributed by atoms with Crippen LogP contribution >= 0.6 is 35.9 Å². The molecule has 24 heavy (non-hydrogen) atoms. The van der Waals surface area contributed by atoms with Gasteiger partial charge in [-0.3, -0.25) is 0 Å². The summed E-state index contributed by atoms with van der Waals surface area (Å²) >= 11 is 5.75.